The molecule has 2 bridgehead atoms. The fourth-order valence-corrected chi connectivity index (χ4v) is 3.30. The van der Waals surface area contributed by atoms with Crippen molar-refractivity contribution >= 4 is 5.78 Å². The van der Waals surface area contributed by atoms with Crippen molar-refractivity contribution in [3.8, 4) is 0 Å². The van der Waals surface area contributed by atoms with E-state index in [1.165, 1.54) is 17.5 Å². The monoisotopic (exact) mass is 186 g/mol. The zero-order chi connectivity index (χ0) is 9.76. The lowest BCUT2D eigenvalue weighted by Gasteiger charge is -2.28. The summed E-state index contributed by atoms with van der Waals surface area (Å²) in [6, 6.07) is 8.58. The van der Waals surface area contributed by atoms with Crippen molar-refractivity contribution in [1.29, 1.82) is 0 Å². The van der Waals surface area contributed by atoms with Crippen molar-refractivity contribution in [3.05, 3.63) is 35.4 Å². The van der Waals surface area contributed by atoms with Gasteiger partial charge >= 0.3 is 0 Å². The zero-order valence-corrected chi connectivity index (χ0v) is 8.42. The van der Waals surface area contributed by atoms with Crippen LogP contribution in [0, 0.1) is 0 Å². The van der Waals surface area contributed by atoms with E-state index in [1.807, 2.05) is 0 Å². The van der Waals surface area contributed by atoms with Gasteiger partial charge in [-0.15, -0.1) is 0 Å². The Morgan fingerprint density at radius 2 is 2.14 bits per heavy atom. The molecule has 3 rings (SSSR count). The number of carbonyl (C=O) groups excluding carboxylic acids is 1. The fraction of sp³-hybridized carbons (Fsp3) is 0.462. The third kappa shape index (κ3) is 0.927. The summed E-state index contributed by atoms with van der Waals surface area (Å²) in [4.78, 5) is 11.6. The maximum absolute atomic E-state index is 11.6. The van der Waals surface area contributed by atoms with Crippen LogP contribution >= 0.6 is 0 Å². The van der Waals surface area contributed by atoms with E-state index in [2.05, 4.69) is 31.2 Å². The molecule has 0 N–H and O–H groups in total. The largest absolute Gasteiger partial charge is 0.300 e. The summed E-state index contributed by atoms with van der Waals surface area (Å²) < 4.78 is 0. The molecule has 0 aromatic heterocycles. The highest BCUT2D eigenvalue weighted by Crippen LogP contribution is 2.52. The van der Waals surface area contributed by atoms with E-state index in [-0.39, 0.29) is 5.41 Å². The number of Topliss-reactive ketones (excluding diaryl/α,β-unsaturated/α-hetero) is 1. The van der Waals surface area contributed by atoms with E-state index in [0.29, 0.717) is 11.7 Å². The standard InChI is InChI=1S/C13H14O/c1-13-7-9(6-10(14)8-13)11-4-2-3-5-12(11)13/h2-5,9H,6-8H2,1H3. The van der Waals surface area contributed by atoms with E-state index in [9.17, 15) is 4.79 Å². The molecule has 2 aliphatic carbocycles. The van der Waals surface area contributed by atoms with Gasteiger partial charge in [0, 0.05) is 18.3 Å². The molecular formula is C13H14O. The van der Waals surface area contributed by atoms with Crippen molar-refractivity contribution in [1.82, 2.24) is 0 Å². The third-order valence-corrected chi connectivity index (χ3v) is 3.81. The number of rotatable bonds is 0. The van der Waals surface area contributed by atoms with Gasteiger partial charge in [0.2, 0.25) is 0 Å². The molecule has 0 aliphatic heterocycles. The molecule has 14 heavy (non-hydrogen) atoms. The van der Waals surface area contributed by atoms with Crippen LogP contribution in [0.3, 0.4) is 0 Å². The lowest BCUT2D eigenvalue weighted by Crippen LogP contribution is -2.27. The summed E-state index contributed by atoms with van der Waals surface area (Å²) in [6.07, 6.45) is 2.70. The Hall–Kier alpha value is -1.11. The van der Waals surface area contributed by atoms with Crippen LogP contribution < -0.4 is 0 Å². The number of fused-ring (bicyclic) bond motifs is 5. The first-order valence-corrected chi connectivity index (χ1v) is 5.30. The molecule has 1 aromatic carbocycles. The predicted octanol–water partition coefficient (Wildman–Crippen LogP) is 2.79. The van der Waals surface area contributed by atoms with E-state index in [4.69, 9.17) is 0 Å². The lowest BCUT2D eigenvalue weighted by atomic mass is 9.74. The number of hydrogen-bond acceptors (Lipinski definition) is 1. The fourth-order valence-electron chi connectivity index (χ4n) is 3.30. The Balaban J connectivity index is 2.21. The summed E-state index contributed by atoms with van der Waals surface area (Å²) in [5, 5.41) is 0. The summed E-state index contributed by atoms with van der Waals surface area (Å²) in [5.74, 6) is 0.956. The second kappa shape index (κ2) is 2.47. The van der Waals surface area contributed by atoms with Gasteiger partial charge in [-0.25, -0.2) is 0 Å². The van der Waals surface area contributed by atoms with Crippen molar-refractivity contribution in [2.75, 3.05) is 0 Å². The Morgan fingerprint density at radius 1 is 1.36 bits per heavy atom. The Bertz CT molecular complexity index is 407. The minimum Gasteiger partial charge on any atom is -0.300 e. The minimum atomic E-state index is 0.149. The van der Waals surface area contributed by atoms with Gasteiger partial charge in [-0.1, -0.05) is 31.2 Å². The Labute approximate surface area is 84.1 Å². The van der Waals surface area contributed by atoms with E-state index in [1.54, 1.807) is 0 Å². The van der Waals surface area contributed by atoms with E-state index >= 15 is 0 Å². The summed E-state index contributed by atoms with van der Waals surface area (Å²) in [6.45, 7) is 2.24. The van der Waals surface area contributed by atoms with Gasteiger partial charge in [0.25, 0.3) is 0 Å². The normalized spacial score (nSPS) is 34.4. The number of carbonyl (C=O) groups is 1. The molecule has 0 saturated heterocycles. The molecule has 0 amide bonds. The average molecular weight is 186 g/mol. The van der Waals surface area contributed by atoms with E-state index < -0.39 is 0 Å². The SMILES string of the molecule is CC12CC(=O)CC(C1)c1ccccc12. The smallest absolute Gasteiger partial charge is 0.134 e. The van der Waals surface area contributed by atoms with Gasteiger partial charge in [0.15, 0.2) is 0 Å². The van der Waals surface area contributed by atoms with Gasteiger partial charge in [-0.3, -0.25) is 4.79 Å². The molecule has 2 unspecified atom stereocenters. The molecule has 0 heterocycles. The molecule has 1 aromatic rings. The average Bonchev–Trinajstić information content (AvgIpc) is 2.36. The molecule has 72 valence electrons. The molecule has 0 radical (unpaired) electrons. The van der Waals surface area contributed by atoms with Crippen molar-refractivity contribution < 1.29 is 4.79 Å². The molecule has 1 fully saturated rings. The molecule has 0 spiro atoms. The Kier molecular flexibility index (Phi) is 1.45. The Morgan fingerprint density at radius 3 is 3.00 bits per heavy atom. The molecule has 2 atom stereocenters. The highest BCUT2D eigenvalue weighted by molar-refractivity contribution is 5.83. The van der Waals surface area contributed by atoms with Crippen molar-refractivity contribution in [2.45, 2.75) is 37.5 Å². The molecule has 1 saturated carbocycles. The van der Waals surface area contributed by atoms with Gasteiger partial charge in [-0.05, 0) is 23.5 Å². The van der Waals surface area contributed by atoms with Gasteiger partial charge in [-0.2, -0.15) is 0 Å². The van der Waals surface area contributed by atoms with Crippen LogP contribution in [0.1, 0.15) is 43.2 Å². The van der Waals surface area contributed by atoms with Crippen LogP contribution in [0.2, 0.25) is 0 Å². The first-order chi connectivity index (χ1) is 6.69. The maximum Gasteiger partial charge on any atom is 0.134 e. The first-order valence-electron chi connectivity index (χ1n) is 5.30. The first kappa shape index (κ1) is 8.22. The van der Waals surface area contributed by atoms with Crippen LogP contribution in [0.25, 0.3) is 0 Å². The van der Waals surface area contributed by atoms with Gasteiger partial charge < -0.3 is 0 Å². The van der Waals surface area contributed by atoms with Gasteiger partial charge in [0.05, 0.1) is 0 Å². The number of hydrogen-bond donors (Lipinski definition) is 0. The highest BCUT2D eigenvalue weighted by atomic mass is 16.1. The number of benzene rings is 1. The molecule has 2 aliphatic rings. The summed E-state index contributed by atoms with van der Waals surface area (Å²) >= 11 is 0. The quantitative estimate of drug-likeness (QED) is 0.609. The topological polar surface area (TPSA) is 17.1 Å². The second-order valence-electron chi connectivity index (χ2n) is 4.97. The van der Waals surface area contributed by atoms with Crippen molar-refractivity contribution in [3.63, 3.8) is 0 Å². The minimum absolute atomic E-state index is 0.149. The maximum atomic E-state index is 11.6. The predicted molar refractivity (Wildman–Crippen MR) is 55.4 cm³/mol. The number of ketones is 1. The second-order valence-corrected chi connectivity index (χ2v) is 4.97. The molecular weight excluding hydrogens is 172 g/mol. The van der Waals surface area contributed by atoms with Crippen LogP contribution in [0.4, 0.5) is 0 Å². The highest BCUT2D eigenvalue weighted by Gasteiger charge is 2.45. The zero-order valence-electron chi connectivity index (χ0n) is 8.42. The third-order valence-electron chi connectivity index (χ3n) is 3.81. The summed E-state index contributed by atoms with van der Waals surface area (Å²) in [5.41, 5.74) is 3.01. The van der Waals surface area contributed by atoms with E-state index in [0.717, 1.165) is 12.8 Å². The lowest BCUT2D eigenvalue weighted by molar-refractivity contribution is -0.121. The molecule has 1 nitrogen and oxygen atoms in total. The van der Waals surface area contributed by atoms with Crippen LogP contribution in [-0.2, 0) is 10.2 Å². The van der Waals surface area contributed by atoms with Crippen LogP contribution in [0.5, 0.6) is 0 Å². The van der Waals surface area contributed by atoms with Crippen LogP contribution in [0.15, 0.2) is 24.3 Å². The summed E-state index contributed by atoms with van der Waals surface area (Å²) in [7, 11) is 0. The van der Waals surface area contributed by atoms with Crippen LogP contribution in [-0.4, -0.2) is 5.78 Å². The van der Waals surface area contributed by atoms with Gasteiger partial charge in [0.1, 0.15) is 5.78 Å². The van der Waals surface area contributed by atoms with Crippen molar-refractivity contribution in [2.24, 2.45) is 0 Å². The molecule has 1 heteroatoms.